The molecule has 1 amide bonds. The van der Waals surface area contributed by atoms with Crippen LogP contribution in [0.25, 0.3) is 0 Å². The highest BCUT2D eigenvalue weighted by atomic mass is 79.9. The molecular formula is C15H17BrN2O2. The van der Waals surface area contributed by atoms with E-state index in [1.807, 2.05) is 50.2 Å². The van der Waals surface area contributed by atoms with Crippen molar-refractivity contribution in [3.8, 4) is 0 Å². The molecule has 0 saturated carbocycles. The molecule has 0 spiro atoms. The second kappa shape index (κ2) is 6.24. The Morgan fingerprint density at radius 1 is 1.35 bits per heavy atom. The Hall–Kier alpha value is -1.59. The lowest BCUT2D eigenvalue weighted by atomic mass is 10.1. The number of halogens is 1. The van der Waals surface area contributed by atoms with Crippen LogP contribution < -0.4 is 11.1 Å². The fourth-order valence-corrected chi connectivity index (χ4v) is 2.46. The minimum absolute atomic E-state index is 0.111. The van der Waals surface area contributed by atoms with Crippen molar-refractivity contribution in [2.45, 2.75) is 25.9 Å². The first-order valence-electron chi connectivity index (χ1n) is 6.34. The number of rotatable bonds is 5. The van der Waals surface area contributed by atoms with Crippen LogP contribution in [0.15, 0.2) is 45.3 Å². The summed E-state index contributed by atoms with van der Waals surface area (Å²) in [5.41, 5.74) is 6.32. The zero-order valence-electron chi connectivity index (χ0n) is 11.4. The summed E-state index contributed by atoms with van der Waals surface area (Å²) in [6, 6.07) is 10.6. The van der Waals surface area contributed by atoms with E-state index in [9.17, 15) is 4.79 Å². The minimum atomic E-state index is -0.562. The normalized spacial score (nSPS) is 13.9. The molecule has 0 unspecified atom stereocenters. The molecule has 0 saturated heterocycles. The maximum absolute atomic E-state index is 11.7. The molecule has 106 valence electrons. The van der Waals surface area contributed by atoms with Crippen molar-refractivity contribution in [1.29, 1.82) is 0 Å². The molecule has 0 bridgehead atoms. The van der Waals surface area contributed by atoms with Crippen LogP contribution in [-0.4, -0.2) is 5.91 Å². The van der Waals surface area contributed by atoms with Gasteiger partial charge in [0.05, 0.1) is 6.04 Å². The summed E-state index contributed by atoms with van der Waals surface area (Å²) < 4.78 is 6.47. The van der Waals surface area contributed by atoms with Gasteiger partial charge in [-0.1, -0.05) is 28.1 Å². The van der Waals surface area contributed by atoms with Gasteiger partial charge in [0.25, 0.3) is 0 Å². The van der Waals surface area contributed by atoms with E-state index in [0.29, 0.717) is 0 Å². The van der Waals surface area contributed by atoms with Crippen molar-refractivity contribution >= 4 is 21.8 Å². The van der Waals surface area contributed by atoms with Crippen LogP contribution in [0.5, 0.6) is 0 Å². The largest absolute Gasteiger partial charge is 0.465 e. The Kier molecular flexibility index (Phi) is 4.62. The Labute approximate surface area is 126 Å². The molecule has 5 heteroatoms. The molecule has 0 aliphatic rings. The second-order valence-corrected chi connectivity index (χ2v) is 5.64. The highest BCUT2D eigenvalue weighted by Gasteiger charge is 2.22. The molecule has 0 aliphatic carbocycles. The zero-order valence-corrected chi connectivity index (χ0v) is 13.0. The molecule has 2 atom stereocenters. The van der Waals surface area contributed by atoms with Gasteiger partial charge in [0.15, 0.2) is 0 Å². The van der Waals surface area contributed by atoms with Crippen molar-refractivity contribution in [2.24, 2.45) is 5.73 Å². The number of carbonyl (C=O) groups excluding carboxylic acids is 1. The molecule has 1 aromatic carbocycles. The second-order valence-electron chi connectivity index (χ2n) is 4.73. The SMILES string of the molecule is Cc1ccc([C@H](C)N[C@H](C(N)=O)c2cccc(Br)c2)o1. The molecule has 3 N–H and O–H groups in total. The minimum Gasteiger partial charge on any atom is -0.465 e. The first-order chi connectivity index (χ1) is 9.47. The first kappa shape index (κ1) is 14.8. The molecule has 1 heterocycles. The van der Waals surface area contributed by atoms with Gasteiger partial charge < -0.3 is 10.2 Å². The number of aryl methyl sites for hydroxylation is 1. The maximum Gasteiger partial charge on any atom is 0.239 e. The predicted octanol–water partition coefficient (Wildman–Crippen LogP) is 3.23. The van der Waals surface area contributed by atoms with Crippen LogP contribution >= 0.6 is 15.9 Å². The highest BCUT2D eigenvalue weighted by Crippen LogP contribution is 2.23. The lowest BCUT2D eigenvalue weighted by Gasteiger charge is -2.20. The summed E-state index contributed by atoms with van der Waals surface area (Å²) >= 11 is 3.40. The summed E-state index contributed by atoms with van der Waals surface area (Å²) in [5.74, 6) is 1.20. The highest BCUT2D eigenvalue weighted by molar-refractivity contribution is 9.10. The number of furan rings is 1. The average molecular weight is 337 g/mol. The molecule has 2 aromatic rings. The fraction of sp³-hybridized carbons (Fsp3) is 0.267. The van der Waals surface area contributed by atoms with Gasteiger partial charge in [0.1, 0.15) is 17.6 Å². The number of primary amides is 1. The number of benzene rings is 1. The summed E-state index contributed by atoms with van der Waals surface area (Å²) in [6.45, 7) is 3.82. The van der Waals surface area contributed by atoms with Gasteiger partial charge in [0.2, 0.25) is 5.91 Å². The van der Waals surface area contributed by atoms with Crippen molar-refractivity contribution in [3.63, 3.8) is 0 Å². The van der Waals surface area contributed by atoms with Crippen LogP contribution in [0.1, 0.15) is 36.1 Å². The Morgan fingerprint density at radius 3 is 2.65 bits per heavy atom. The summed E-state index contributed by atoms with van der Waals surface area (Å²) in [7, 11) is 0. The van der Waals surface area contributed by atoms with Crippen molar-refractivity contribution in [1.82, 2.24) is 5.32 Å². The Balaban J connectivity index is 2.20. The Morgan fingerprint density at radius 2 is 2.10 bits per heavy atom. The molecular weight excluding hydrogens is 320 g/mol. The third kappa shape index (κ3) is 3.49. The first-order valence-corrected chi connectivity index (χ1v) is 7.14. The lowest BCUT2D eigenvalue weighted by molar-refractivity contribution is -0.120. The van der Waals surface area contributed by atoms with Gasteiger partial charge in [-0.15, -0.1) is 0 Å². The van der Waals surface area contributed by atoms with Crippen molar-refractivity contribution in [2.75, 3.05) is 0 Å². The van der Waals surface area contributed by atoms with Crippen LogP contribution in [0.3, 0.4) is 0 Å². The van der Waals surface area contributed by atoms with E-state index in [4.69, 9.17) is 10.2 Å². The van der Waals surface area contributed by atoms with E-state index in [1.54, 1.807) is 0 Å². The number of amides is 1. The molecule has 0 aliphatic heterocycles. The predicted molar refractivity (Wildman–Crippen MR) is 81.1 cm³/mol. The fourth-order valence-electron chi connectivity index (χ4n) is 2.05. The van der Waals surface area contributed by atoms with Gasteiger partial charge >= 0.3 is 0 Å². The molecule has 20 heavy (non-hydrogen) atoms. The average Bonchev–Trinajstić information content (AvgIpc) is 2.82. The molecule has 4 nitrogen and oxygen atoms in total. The third-order valence-corrected chi connectivity index (χ3v) is 3.56. The molecule has 1 aromatic heterocycles. The van der Waals surface area contributed by atoms with E-state index in [-0.39, 0.29) is 6.04 Å². The number of hydrogen-bond acceptors (Lipinski definition) is 3. The van der Waals surface area contributed by atoms with Crippen LogP contribution in [0.2, 0.25) is 0 Å². The number of hydrogen-bond donors (Lipinski definition) is 2. The van der Waals surface area contributed by atoms with E-state index in [1.165, 1.54) is 0 Å². The van der Waals surface area contributed by atoms with Gasteiger partial charge in [-0.25, -0.2) is 0 Å². The quantitative estimate of drug-likeness (QED) is 0.880. The molecule has 2 rings (SSSR count). The van der Waals surface area contributed by atoms with Crippen molar-refractivity contribution < 1.29 is 9.21 Å². The van der Waals surface area contributed by atoms with E-state index in [0.717, 1.165) is 21.6 Å². The topological polar surface area (TPSA) is 68.3 Å². The van der Waals surface area contributed by atoms with Gasteiger partial charge in [0, 0.05) is 4.47 Å². The summed E-state index contributed by atoms with van der Waals surface area (Å²) in [5, 5.41) is 3.20. The zero-order chi connectivity index (χ0) is 14.7. The van der Waals surface area contributed by atoms with E-state index >= 15 is 0 Å². The maximum atomic E-state index is 11.7. The molecule has 0 fully saturated rings. The third-order valence-electron chi connectivity index (χ3n) is 3.07. The summed E-state index contributed by atoms with van der Waals surface area (Å²) in [6.07, 6.45) is 0. The van der Waals surface area contributed by atoms with Crippen LogP contribution in [-0.2, 0) is 4.79 Å². The number of nitrogens with one attached hydrogen (secondary N) is 1. The summed E-state index contributed by atoms with van der Waals surface area (Å²) in [4.78, 5) is 11.7. The van der Waals surface area contributed by atoms with Crippen molar-refractivity contribution in [3.05, 3.63) is 58.0 Å². The van der Waals surface area contributed by atoms with Crippen LogP contribution in [0, 0.1) is 6.92 Å². The molecule has 0 radical (unpaired) electrons. The Bertz CT molecular complexity index is 609. The van der Waals surface area contributed by atoms with Gasteiger partial charge in [-0.2, -0.15) is 0 Å². The van der Waals surface area contributed by atoms with Gasteiger partial charge in [-0.05, 0) is 43.7 Å². The number of carbonyl (C=O) groups is 1. The standard InChI is InChI=1S/C15H17BrN2O2/c1-9-6-7-13(20-9)10(2)18-14(15(17)19)11-4-3-5-12(16)8-11/h3-8,10,14,18H,1-2H3,(H2,17,19)/t10-,14-/m0/s1. The van der Waals surface area contributed by atoms with E-state index < -0.39 is 11.9 Å². The smallest absolute Gasteiger partial charge is 0.239 e. The lowest BCUT2D eigenvalue weighted by Crippen LogP contribution is -2.35. The van der Waals surface area contributed by atoms with E-state index in [2.05, 4.69) is 21.2 Å². The van der Waals surface area contributed by atoms with Gasteiger partial charge in [-0.3, -0.25) is 10.1 Å². The monoisotopic (exact) mass is 336 g/mol. The van der Waals surface area contributed by atoms with Crippen LogP contribution in [0.4, 0.5) is 0 Å². The number of nitrogens with two attached hydrogens (primary N) is 1.